The summed E-state index contributed by atoms with van der Waals surface area (Å²) >= 11 is 0. The highest BCUT2D eigenvalue weighted by Gasteiger charge is 2.39. The standard InChI is InChI=1S/C23H19NO4/c25-22(18-12-6-2-7-13-18)21(23(26)19-14-8-3-9-15-19)20(16-24(27)28)17-10-4-1-5-11-17/h1-15,20-21H,16H2. The fourth-order valence-electron chi connectivity index (χ4n) is 3.31. The van der Waals surface area contributed by atoms with Crippen molar-refractivity contribution in [2.75, 3.05) is 6.54 Å². The maximum Gasteiger partial charge on any atom is 0.211 e. The number of benzene rings is 3. The lowest BCUT2D eigenvalue weighted by Gasteiger charge is -2.23. The van der Waals surface area contributed by atoms with Crippen molar-refractivity contribution in [3.05, 3.63) is 118 Å². The Morgan fingerprint density at radius 2 is 1.11 bits per heavy atom. The average molecular weight is 373 g/mol. The van der Waals surface area contributed by atoms with Crippen molar-refractivity contribution in [2.45, 2.75) is 5.92 Å². The molecular weight excluding hydrogens is 354 g/mol. The van der Waals surface area contributed by atoms with E-state index in [-0.39, 0.29) is 0 Å². The number of ketones is 2. The van der Waals surface area contributed by atoms with Crippen molar-refractivity contribution in [1.82, 2.24) is 0 Å². The molecule has 0 aliphatic rings. The van der Waals surface area contributed by atoms with Crippen molar-refractivity contribution >= 4 is 11.6 Å². The Hall–Kier alpha value is -3.60. The maximum absolute atomic E-state index is 13.3. The predicted octanol–water partition coefficient (Wildman–Crippen LogP) is 4.43. The van der Waals surface area contributed by atoms with Crippen LogP contribution in [0.1, 0.15) is 32.2 Å². The van der Waals surface area contributed by atoms with Crippen LogP contribution in [-0.2, 0) is 0 Å². The van der Waals surface area contributed by atoms with Crippen molar-refractivity contribution in [3.8, 4) is 0 Å². The molecule has 5 heteroatoms. The van der Waals surface area contributed by atoms with Crippen LogP contribution in [0.15, 0.2) is 91.0 Å². The van der Waals surface area contributed by atoms with Gasteiger partial charge in [-0.2, -0.15) is 0 Å². The third kappa shape index (κ3) is 4.38. The second-order valence-corrected chi connectivity index (χ2v) is 6.47. The van der Waals surface area contributed by atoms with Crippen LogP contribution in [0.3, 0.4) is 0 Å². The minimum absolute atomic E-state index is 0.362. The van der Waals surface area contributed by atoms with E-state index in [1.54, 1.807) is 91.0 Å². The quantitative estimate of drug-likeness (QED) is 0.253. The van der Waals surface area contributed by atoms with E-state index in [1.807, 2.05) is 0 Å². The fourth-order valence-corrected chi connectivity index (χ4v) is 3.31. The molecule has 0 radical (unpaired) electrons. The van der Waals surface area contributed by atoms with Gasteiger partial charge in [0.25, 0.3) is 0 Å². The molecule has 0 spiro atoms. The van der Waals surface area contributed by atoms with Crippen LogP contribution in [0.5, 0.6) is 0 Å². The first-order valence-electron chi connectivity index (χ1n) is 8.93. The van der Waals surface area contributed by atoms with Crippen LogP contribution in [0.4, 0.5) is 0 Å². The first-order chi connectivity index (χ1) is 13.6. The molecule has 0 heterocycles. The van der Waals surface area contributed by atoms with Crippen molar-refractivity contribution in [3.63, 3.8) is 0 Å². The SMILES string of the molecule is O=C(c1ccccc1)C(C(=O)c1ccccc1)C(C[N+](=O)[O-])c1ccccc1. The number of rotatable bonds is 8. The molecule has 1 unspecified atom stereocenters. The van der Waals surface area contributed by atoms with Crippen LogP contribution in [0.25, 0.3) is 0 Å². The van der Waals surface area contributed by atoms with Gasteiger partial charge in [-0.15, -0.1) is 0 Å². The van der Waals surface area contributed by atoms with Crippen LogP contribution in [0, 0.1) is 16.0 Å². The molecule has 0 aliphatic heterocycles. The minimum atomic E-state index is -1.18. The van der Waals surface area contributed by atoms with Gasteiger partial charge in [-0.3, -0.25) is 19.7 Å². The fraction of sp³-hybridized carbons (Fsp3) is 0.130. The summed E-state index contributed by atoms with van der Waals surface area (Å²) in [6.07, 6.45) is 0. The monoisotopic (exact) mass is 373 g/mol. The van der Waals surface area contributed by atoms with E-state index in [2.05, 4.69) is 0 Å². The Balaban J connectivity index is 2.11. The van der Waals surface area contributed by atoms with E-state index >= 15 is 0 Å². The second-order valence-electron chi connectivity index (χ2n) is 6.47. The smallest absolute Gasteiger partial charge is 0.211 e. The van der Waals surface area contributed by atoms with E-state index in [1.165, 1.54) is 0 Å². The maximum atomic E-state index is 13.3. The third-order valence-electron chi connectivity index (χ3n) is 4.66. The summed E-state index contributed by atoms with van der Waals surface area (Å²) in [6.45, 7) is -0.508. The minimum Gasteiger partial charge on any atom is -0.293 e. The predicted molar refractivity (Wildman–Crippen MR) is 106 cm³/mol. The number of carbonyl (C=O) groups excluding carboxylic acids is 2. The van der Waals surface area contributed by atoms with Crippen LogP contribution in [-0.4, -0.2) is 23.0 Å². The van der Waals surface area contributed by atoms with Gasteiger partial charge in [0.05, 0.1) is 11.8 Å². The molecule has 28 heavy (non-hydrogen) atoms. The molecule has 0 bridgehead atoms. The zero-order valence-electron chi connectivity index (χ0n) is 15.1. The molecule has 0 amide bonds. The highest BCUT2D eigenvalue weighted by atomic mass is 16.6. The molecule has 140 valence electrons. The Labute approximate surface area is 162 Å². The summed E-state index contributed by atoms with van der Waals surface area (Å²) in [5.74, 6) is -2.87. The summed E-state index contributed by atoms with van der Waals surface area (Å²) in [6, 6.07) is 25.6. The summed E-state index contributed by atoms with van der Waals surface area (Å²) in [7, 11) is 0. The first-order valence-corrected chi connectivity index (χ1v) is 8.93. The molecule has 0 N–H and O–H groups in total. The molecule has 3 aromatic carbocycles. The van der Waals surface area contributed by atoms with Crippen LogP contribution < -0.4 is 0 Å². The molecule has 0 aromatic heterocycles. The average Bonchev–Trinajstić information content (AvgIpc) is 2.74. The molecule has 1 atom stereocenters. The molecule has 0 saturated carbocycles. The number of hydrogen-bond acceptors (Lipinski definition) is 4. The van der Waals surface area contributed by atoms with Gasteiger partial charge >= 0.3 is 0 Å². The number of nitro groups is 1. The van der Waals surface area contributed by atoms with Crippen LogP contribution >= 0.6 is 0 Å². The van der Waals surface area contributed by atoms with Gasteiger partial charge in [0.2, 0.25) is 6.54 Å². The van der Waals surface area contributed by atoms with Gasteiger partial charge in [0.15, 0.2) is 11.6 Å². The normalized spacial score (nSPS) is 11.8. The number of hydrogen-bond donors (Lipinski definition) is 0. The van der Waals surface area contributed by atoms with Crippen molar-refractivity contribution in [2.24, 2.45) is 5.92 Å². The van der Waals surface area contributed by atoms with E-state index in [9.17, 15) is 19.7 Å². The summed E-state index contributed by atoms with van der Waals surface area (Å²) in [5.41, 5.74) is 1.32. The van der Waals surface area contributed by atoms with E-state index in [4.69, 9.17) is 0 Å². The molecule has 3 aromatic rings. The lowest BCUT2D eigenvalue weighted by Crippen LogP contribution is -2.34. The molecule has 3 rings (SSSR count). The van der Waals surface area contributed by atoms with E-state index in [0.29, 0.717) is 16.7 Å². The highest BCUT2D eigenvalue weighted by molar-refractivity contribution is 6.16. The molecule has 0 aliphatic carbocycles. The Bertz CT molecular complexity index is 904. The number of nitrogens with zero attached hydrogens (tertiary/aromatic N) is 1. The number of Topliss-reactive ketones (excluding diaryl/α,β-unsaturated/α-hetero) is 2. The van der Waals surface area contributed by atoms with Crippen molar-refractivity contribution < 1.29 is 14.5 Å². The highest BCUT2D eigenvalue weighted by Crippen LogP contribution is 2.31. The third-order valence-corrected chi connectivity index (χ3v) is 4.66. The van der Waals surface area contributed by atoms with Gasteiger partial charge in [-0.05, 0) is 5.56 Å². The number of carbonyl (C=O) groups is 2. The molecule has 0 saturated heterocycles. The molecule has 5 nitrogen and oxygen atoms in total. The first kappa shape index (κ1) is 19.2. The molecule has 0 fully saturated rings. The van der Waals surface area contributed by atoms with Crippen molar-refractivity contribution in [1.29, 1.82) is 0 Å². The Kier molecular flexibility index (Phi) is 6.07. The zero-order valence-corrected chi connectivity index (χ0v) is 15.1. The second kappa shape index (κ2) is 8.86. The Morgan fingerprint density at radius 3 is 1.50 bits per heavy atom. The van der Waals surface area contributed by atoms with Gasteiger partial charge < -0.3 is 0 Å². The molecular formula is C23H19NO4. The van der Waals surface area contributed by atoms with Crippen LogP contribution in [0.2, 0.25) is 0 Å². The van der Waals surface area contributed by atoms with E-state index < -0.39 is 34.9 Å². The summed E-state index contributed by atoms with van der Waals surface area (Å²) in [4.78, 5) is 37.5. The van der Waals surface area contributed by atoms with Gasteiger partial charge in [-0.25, -0.2) is 0 Å². The largest absolute Gasteiger partial charge is 0.293 e. The van der Waals surface area contributed by atoms with Gasteiger partial charge in [0.1, 0.15) is 0 Å². The van der Waals surface area contributed by atoms with Gasteiger partial charge in [-0.1, -0.05) is 91.0 Å². The lowest BCUT2D eigenvalue weighted by atomic mass is 9.77. The van der Waals surface area contributed by atoms with Gasteiger partial charge in [0, 0.05) is 16.1 Å². The zero-order chi connectivity index (χ0) is 19.9. The lowest BCUT2D eigenvalue weighted by molar-refractivity contribution is -0.484. The topological polar surface area (TPSA) is 77.3 Å². The van der Waals surface area contributed by atoms with E-state index in [0.717, 1.165) is 0 Å². The summed E-state index contributed by atoms with van der Waals surface area (Å²) in [5, 5.41) is 11.4. The summed E-state index contributed by atoms with van der Waals surface area (Å²) < 4.78 is 0. The Morgan fingerprint density at radius 1 is 0.714 bits per heavy atom.